The van der Waals surface area contributed by atoms with Crippen LogP contribution >= 0.6 is 11.3 Å². The van der Waals surface area contributed by atoms with Gasteiger partial charge in [0, 0.05) is 18.0 Å². The predicted molar refractivity (Wildman–Crippen MR) is 77.2 cm³/mol. The smallest absolute Gasteiger partial charge is 0.161 e. The molecule has 0 radical (unpaired) electrons. The quantitative estimate of drug-likeness (QED) is 0.851. The van der Waals surface area contributed by atoms with Gasteiger partial charge in [-0.15, -0.1) is 11.3 Å². The minimum absolute atomic E-state index is 0.0956. The fraction of sp³-hybridized carbons (Fsp3) is 0.333. The van der Waals surface area contributed by atoms with Gasteiger partial charge in [0.05, 0.1) is 0 Å². The molecule has 1 aliphatic rings. The van der Waals surface area contributed by atoms with Gasteiger partial charge < -0.3 is 14.8 Å². The van der Waals surface area contributed by atoms with Crippen molar-refractivity contribution >= 4 is 11.3 Å². The number of nitrogens with one attached hydrogen (secondary N) is 1. The van der Waals surface area contributed by atoms with Crippen molar-refractivity contribution < 1.29 is 9.47 Å². The molecule has 100 valence electrons. The summed E-state index contributed by atoms with van der Waals surface area (Å²) in [5.74, 6) is 1.69. The maximum absolute atomic E-state index is 5.88. The number of benzene rings is 1. The normalized spacial score (nSPS) is 17.4. The Labute approximate surface area is 117 Å². The third-order valence-electron chi connectivity index (χ3n) is 3.07. The van der Waals surface area contributed by atoms with Crippen molar-refractivity contribution in [1.29, 1.82) is 0 Å². The van der Waals surface area contributed by atoms with Crippen LogP contribution in [0.4, 0.5) is 0 Å². The van der Waals surface area contributed by atoms with Gasteiger partial charge in [0.1, 0.15) is 12.7 Å². The molecule has 19 heavy (non-hydrogen) atoms. The van der Waals surface area contributed by atoms with Gasteiger partial charge in [0.2, 0.25) is 0 Å². The molecule has 0 aliphatic carbocycles. The molecular formula is C15H17NO2S. The monoisotopic (exact) mass is 275 g/mol. The number of para-hydroxylation sites is 2. The Morgan fingerprint density at radius 3 is 2.89 bits per heavy atom. The van der Waals surface area contributed by atoms with Crippen molar-refractivity contribution in [2.75, 3.05) is 19.7 Å². The number of rotatable bonds is 5. The molecule has 0 fully saturated rings. The molecule has 1 aromatic carbocycles. The zero-order valence-corrected chi connectivity index (χ0v) is 11.5. The van der Waals surface area contributed by atoms with Crippen molar-refractivity contribution in [2.45, 2.75) is 12.5 Å². The number of thiophene rings is 1. The molecule has 1 aliphatic heterocycles. The van der Waals surface area contributed by atoms with E-state index in [1.54, 1.807) is 11.3 Å². The lowest BCUT2D eigenvalue weighted by Gasteiger charge is -2.26. The summed E-state index contributed by atoms with van der Waals surface area (Å²) in [5, 5.41) is 5.54. The largest absolute Gasteiger partial charge is 0.486 e. The highest BCUT2D eigenvalue weighted by Crippen LogP contribution is 2.30. The van der Waals surface area contributed by atoms with Crippen LogP contribution in [0.1, 0.15) is 4.88 Å². The highest BCUT2D eigenvalue weighted by atomic mass is 32.1. The summed E-state index contributed by atoms with van der Waals surface area (Å²) in [6, 6.07) is 12.1. The van der Waals surface area contributed by atoms with Crippen molar-refractivity contribution in [3.05, 3.63) is 46.7 Å². The average molecular weight is 275 g/mol. The minimum atomic E-state index is 0.0956. The summed E-state index contributed by atoms with van der Waals surface area (Å²) in [6.07, 6.45) is 1.17. The van der Waals surface area contributed by atoms with E-state index in [4.69, 9.17) is 9.47 Å². The van der Waals surface area contributed by atoms with Gasteiger partial charge in [0.15, 0.2) is 11.5 Å². The van der Waals surface area contributed by atoms with E-state index in [1.807, 2.05) is 24.3 Å². The summed E-state index contributed by atoms with van der Waals surface area (Å²) >= 11 is 1.80. The van der Waals surface area contributed by atoms with Gasteiger partial charge >= 0.3 is 0 Å². The lowest BCUT2D eigenvalue weighted by molar-refractivity contribution is 0.0906. The molecule has 3 rings (SSSR count). The van der Waals surface area contributed by atoms with Crippen LogP contribution in [0.2, 0.25) is 0 Å². The highest BCUT2D eigenvalue weighted by Gasteiger charge is 2.19. The first kappa shape index (κ1) is 12.5. The average Bonchev–Trinajstić information content (AvgIpc) is 2.97. The number of hydrogen-bond acceptors (Lipinski definition) is 4. The maximum Gasteiger partial charge on any atom is 0.161 e. The second-order valence-electron chi connectivity index (χ2n) is 4.53. The van der Waals surface area contributed by atoms with E-state index in [0.717, 1.165) is 31.0 Å². The van der Waals surface area contributed by atoms with E-state index in [2.05, 4.69) is 22.8 Å². The third kappa shape index (κ3) is 3.28. The molecule has 0 spiro atoms. The van der Waals surface area contributed by atoms with Gasteiger partial charge in [-0.3, -0.25) is 0 Å². The van der Waals surface area contributed by atoms with Crippen LogP contribution in [0, 0.1) is 0 Å². The van der Waals surface area contributed by atoms with Gasteiger partial charge in [-0.2, -0.15) is 0 Å². The molecule has 4 heteroatoms. The zero-order chi connectivity index (χ0) is 12.9. The van der Waals surface area contributed by atoms with Crippen LogP contribution in [0.5, 0.6) is 11.5 Å². The molecular weight excluding hydrogens is 258 g/mol. The molecule has 0 saturated carbocycles. The van der Waals surface area contributed by atoms with Gasteiger partial charge in [-0.1, -0.05) is 18.2 Å². The number of fused-ring (bicyclic) bond motifs is 1. The molecule has 1 aromatic heterocycles. The summed E-state index contributed by atoms with van der Waals surface area (Å²) < 4.78 is 11.6. The summed E-state index contributed by atoms with van der Waals surface area (Å²) in [7, 11) is 0. The molecule has 2 aromatic rings. The number of ether oxygens (including phenoxy) is 2. The third-order valence-corrected chi connectivity index (χ3v) is 4.00. The summed E-state index contributed by atoms with van der Waals surface area (Å²) in [5.41, 5.74) is 0. The van der Waals surface area contributed by atoms with Gasteiger partial charge in [0.25, 0.3) is 0 Å². The van der Waals surface area contributed by atoms with E-state index in [-0.39, 0.29) is 6.10 Å². The van der Waals surface area contributed by atoms with E-state index < -0.39 is 0 Å². The summed E-state index contributed by atoms with van der Waals surface area (Å²) in [4.78, 5) is 1.42. The Morgan fingerprint density at radius 2 is 2.05 bits per heavy atom. The lowest BCUT2D eigenvalue weighted by atomic mass is 10.2. The Kier molecular flexibility index (Phi) is 4.01. The molecule has 2 heterocycles. The second kappa shape index (κ2) is 6.08. The van der Waals surface area contributed by atoms with Crippen LogP contribution < -0.4 is 14.8 Å². The van der Waals surface area contributed by atoms with Crippen molar-refractivity contribution in [2.24, 2.45) is 0 Å². The SMILES string of the molecule is c1csc(CCNCC2COc3ccccc3O2)c1. The topological polar surface area (TPSA) is 30.5 Å². The minimum Gasteiger partial charge on any atom is -0.486 e. The molecule has 3 nitrogen and oxygen atoms in total. The van der Waals surface area contributed by atoms with Gasteiger partial charge in [-0.05, 0) is 30.0 Å². The van der Waals surface area contributed by atoms with Crippen LogP contribution in [0.3, 0.4) is 0 Å². The maximum atomic E-state index is 5.88. The first-order valence-corrected chi connectivity index (χ1v) is 7.41. The number of hydrogen-bond donors (Lipinski definition) is 1. The van der Waals surface area contributed by atoms with Crippen LogP contribution in [-0.2, 0) is 6.42 Å². The van der Waals surface area contributed by atoms with E-state index in [0.29, 0.717) is 6.61 Å². The fourth-order valence-electron chi connectivity index (χ4n) is 2.09. The van der Waals surface area contributed by atoms with Crippen LogP contribution in [-0.4, -0.2) is 25.8 Å². The molecule has 0 saturated heterocycles. The second-order valence-corrected chi connectivity index (χ2v) is 5.56. The Bertz CT molecular complexity index is 513. The van der Waals surface area contributed by atoms with Crippen LogP contribution in [0.15, 0.2) is 41.8 Å². The Morgan fingerprint density at radius 1 is 1.16 bits per heavy atom. The zero-order valence-electron chi connectivity index (χ0n) is 10.7. The van der Waals surface area contributed by atoms with Crippen molar-refractivity contribution in [1.82, 2.24) is 5.32 Å². The Hall–Kier alpha value is -1.52. The standard InChI is InChI=1S/C15H17NO2S/c1-2-6-15-14(5-1)17-11-12(18-15)10-16-8-7-13-4-3-9-19-13/h1-6,9,12,16H,7-8,10-11H2. The first-order chi connectivity index (χ1) is 9.42. The lowest BCUT2D eigenvalue weighted by Crippen LogP contribution is -2.39. The van der Waals surface area contributed by atoms with E-state index in [9.17, 15) is 0 Å². The predicted octanol–water partition coefficient (Wildman–Crippen LogP) is 2.72. The Balaban J connectivity index is 1.42. The highest BCUT2D eigenvalue weighted by molar-refractivity contribution is 7.09. The van der Waals surface area contributed by atoms with Crippen molar-refractivity contribution in [3.8, 4) is 11.5 Å². The van der Waals surface area contributed by atoms with Crippen molar-refractivity contribution in [3.63, 3.8) is 0 Å². The summed E-state index contributed by atoms with van der Waals surface area (Å²) in [6.45, 7) is 2.41. The molecule has 0 amide bonds. The molecule has 1 atom stereocenters. The molecule has 1 unspecified atom stereocenters. The molecule has 1 N–H and O–H groups in total. The van der Waals surface area contributed by atoms with E-state index in [1.165, 1.54) is 4.88 Å². The van der Waals surface area contributed by atoms with E-state index >= 15 is 0 Å². The first-order valence-electron chi connectivity index (χ1n) is 6.53. The van der Waals surface area contributed by atoms with Gasteiger partial charge in [-0.25, -0.2) is 0 Å². The van der Waals surface area contributed by atoms with Crippen LogP contribution in [0.25, 0.3) is 0 Å². The fourth-order valence-corrected chi connectivity index (χ4v) is 2.80. The molecule has 0 bridgehead atoms.